The van der Waals surface area contributed by atoms with Crippen molar-refractivity contribution in [1.82, 2.24) is 0 Å². The number of nitrogens with one attached hydrogen (secondary N) is 2. The topological polar surface area (TPSA) is 76.4 Å². The molecule has 6 heteroatoms. The second-order valence-electron chi connectivity index (χ2n) is 4.38. The fourth-order valence-corrected chi connectivity index (χ4v) is 1.96. The molecule has 1 aliphatic heterocycles. The lowest BCUT2D eigenvalue weighted by molar-refractivity contribution is -0.118. The Balaban J connectivity index is 1.96. The lowest BCUT2D eigenvalue weighted by atomic mass is 10.2. The van der Waals surface area contributed by atoms with E-state index in [2.05, 4.69) is 10.6 Å². The van der Waals surface area contributed by atoms with Crippen molar-refractivity contribution in [2.45, 2.75) is 0 Å². The molecule has 0 fully saturated rings. The summed E-state index contributed by atoms with van der Waals surface area (Å²) in [6.45, 7) is -0.0352. The first-order chi connectivity index (χ1) is 9.63. The van der Waals surface area contributed by atoms with Crippen LogP contribution in [0.25, 0.3) is 0 Å². The van der Waals surface area contributed by atoms with Crippen LogP contribution in [0.1, 0.15) is 0 Å². The van der Waals surface area contributed by atoms with Crippen molar-refractivity contribution in [3.8, 4) is 5.75 Å². The van der Waals surface area contributed by atoms with Gasteiger partial charge in [-0.1, -0.05) is 12.1 Å². The van der Waals surface area contributed by atoms with Crippen LogP contribution < -0.4 is 21.1 Å². The maximum atomic E-state index is 13.6. The summed E-state index contributed by atoms with van der Waals surface area (Å²) in [5.74, 6) is -0.120. The van der Waals surface area contributed by atoms with Crippen molar-refractivity contribution in [1.29, 1.82) is 0 Å². The van der Waals surface area contributed by atoms with Gasteiger partial charge < -0.3 is 21.1 Å². The maximum Gasteiger partial charge on any atom is 0.262 e. The van der Waals surface area contributed by atoms with E-state index >= 15 is 0 Å². The lowest BCUT2D eigenvalue weighted by Crippen LogP contribution is -2.25. The number of anilines is 4. The molecule has 0 bridgehead atoms. The molecule has 1 aliphatic rings. The molecule has 20 heavy (non-hydrogen) atoms. The summed E-state index contributed by atoms with van der Waals surface area (Å²) in [5, 5.41) is 5.57. The summed E-state index contributed by atoms with van der Waals surface area (Å²) in [7, 11) is 0. The molecular weight excluding hydrogens is 261 g/mol. The second-order valence-corrected chi connectivity index (χ2v) is 4.38. The van der Waals surface area contributed by atoms with Gasteiger partial charge in [0.1, 0.15) is 11.6 Å². The molecule has 2 aromatic rings. The molecule has 4 N–H and O–H groups in total. The van der Waals surface area contributed by atoms with E-state index in [1.807, 2.05) is 0 Å². The molecule has 0 radical (unpaired) electrons. The molecule has 0 unspecified atom stereocenters. The molecule has 1 amide bonds. The maximum absolute atomic E-state index is 13.6. The van der Waals surface area contributed by atoms with Gasteiger partial charge in [0, 0.05) is 6.07 Å². The van der Waals surface area contributed by atoms with E-state index in [-0.39, 0.29) is 18.3 Å². The zero-order valence-corrected chi connectivity index (χ0v) is 10.4. The predicted octanol–water partition coefficient (Wildman–Crippen LogP) is 2.48. The number of amides is 1. The SMILES string of the molecule is Nc1cc2c(cc1Nc1ccccc1F)NC(=O)CO2. The van der Waals surface area contributed by atoms with Gasteiger partial charge in [0.25, 0.3) is 5.91 Å². The molecule has 102 valence electrons. The van der Waals surface area contributed by atoms with Gasteiger partial charge in [0.15, 0.2) is 6.61 Å². The number of nitrogen functional groups attached to an aromatic ring is 1. The lowest BCUT2D eigenvalue weighted by Gasteiger charge is -2.20. The summed E-state index contributed by atoms with van der Waals surface area (Å²) in [5.41, 5.74) is 7.62. The van der Waals surface area contributed by atoms with Gasteiger partial charge in [-0.2, -0.15) is 0 Å². The zero-order chi connectivity index (χ0) is 14.1. The van der Waals surface area contributed by atoms with Gasteiger partial charge in [0.05, 0.1) is 22.7 Å². The molecule has 1 heterocycles. The Labute approximate surface area is 114 Å². The predicted molar refractivity (Wildman–Crippen MR) is 74.7 cm³/mol. The number of hydrogen-bond acceptors (Lipinski definition) is 4. The smallest absolute Gasteiger partial charge is 0.262 e. The molecule has 0 aromatic heterocycles. The minimum atomic E-state index is -0.384. The van der Waals surface area contributed by atoms with E-state index in [4.69, 9.17) is 10.5 Å². The van der Waals surface area contributed by atoms with Crippen LogP contribution in [0.2, 0.25) is 0 Å². The first-order valence-electron chi connectivity index (χ1n) is 6.01. The van der Waals surface area contributed by atoms with Crippen LogP contribution in [0.3, 0.4) is 0 Å². The summed E-state index contributed by atoms with van der Waals surface area (Å²) in [6.07, 6.45) is 0. The molecule has 0 aliphatic carbocycles. The van der Waals surface area contributed by atoms with Crippen LogP contribution >= 0.6 is 0 Å². The number of benzene rings is 2. The van der Waals surface area contributed by atoms with E-state index in [0.29, 0.717) is 28.5 Å². The molecule has 0 saturated heterocycles. The molecule has 2 aromatic carbocycles. The number of carbonyl (C=O) groups is 1. The van der Waals surface area contributed by atoms with Crippen LogP contribution in [0.5, 0.6) is 5.75 Å². The number of fused-ring (bicyclic) bond motifs is 1. The Morgan fingerprint density at radius 2 is 2.05 bits per heavy atom. The highest BCUT2D eigenvalue weighted by molar-refractivity contribution is 5.97. The van der Waals surface area contributed by atoms with Crippen molar-refractivity contribution in [3.05, 3.63) is 42.2 Å². The Morgan fingerprint density at radius 1 is 1.25 bits per heavy atom. The van der Waals surface area contributed by atoms with E-state index in [0.717, 1.165) is 0 Å². The number of ether oxygens (including phenoxy) is 1. The first-order valence-corrected chi connectivity index (χ1v) is 6.01. The van der Waals surface area contributed by atoms with Crippen LogP contribution in [-0.2, 0) is 4.79 Å². The normalized spacial score (nSPS) is 13.2. The van der Waals surface area contributed by atoms with Crippen molar-refractivity contribution >= 4 is 28.7 Å². The Hall–Kier alpha value is -2.76. The average molecular weight is 273 g/mol. The van der Waals surface area contributed by atoms with Gasteiger partial charge in [-0.15, -0.1) is 0 Å². The third-order valence-corrected chi connectivity index (χ3v) is 2.93. The largest absolute Gasteiger partial charge is 0.482 e. The van der Waals surface area contributed by atoms with Crippen molar-refractivity contribution in [3.63, 3.8) is 0 Å². The van der Waals surface area contributed by atoms with E-state index in [1.54, 1.807) is 30.3 Å². The fourth-order valence-electron chi connectivity index (χ4n) is 1.96. The Kier molecular flexibility index (Phi) is 2.90. The van der Waals surface area contributed by atoms with Gasteiger partial charge in [-0.05, 0) is 18.2 Å². The highest BCUT2D eigenvalue weighted by Gasteiger charge is 2.18. The highest BCUT2D eigenvalue weighted by atomic mass is 19.1. The number of hydrogen-bond donors (Lipinski definition) is 3. The molecule has 0 spiro atoms. The molecule has 3 rings (SSSR count). The van der Waals surface area contributed by atoms with Gasteiger partial charge in [-0.25, -0.2) is 4.39 Å². The monoisotopic (exact) mass is 273 g/mol. The standard InChI is InChI=1S/C14H12FN3O2/c15-8-3-1-2-4-10(8)17-11-6-12-13(5-9(11)16)20-7-14(19)18-12/h1-6,17H,7,16H2,(H,18,19). The number of nitrogens with two attached hydrogens (primary N) is 1. The summed E-state index contributed by atoms with van der Waals surface area (Å²) >= 11 is 0. The fraction of sp³-hybridized carbons (Fsp3) is 0.0714. The Morgan fingerprint density at radius 3 is 2.85 bits per heavy atom. The third-order valence-electron chi connectivity index (χ3n) is 2.93. The van der Waals surface area contributed by atoms with Crippen LogP contribution in [0, 0.1) is 5.82 Å². The Bertz CT molecular complexity index is 688. The minimum absolute atomic E-state index is 0.0352. The minimum Gasteiger partial charge on any atom is -0.482 e. The first kappa shape index (κ1) is 12.3. The third kappa shape index (κ3) is 2.23. The molecular formula is C14H12FN3O2. The van der Waals surface area contributed by atoms with Gasteiger partial charge in [-0.3, -0.25) is 4.79 Å². The van der Waals surface area contributed by atoms with Crippen molar-refractivity contribution in [2.75, 3.05) is 23.0 Å². The number of carbonyl (C=O) groups excluding carboxylic acids is 1. The van der Waals surface area contributed by atoms with Gasteiger partial charge in [0.2, 0.25) is 0 Å². The van der Waals surface area contributed by atoms with Crippen molar-refractivity contribution in [2.24, 2.45) is 0 Å². The van der Waals surface area contributed by atoms with Crippen LogP contribution in [0.15, 0.2) is 36.4 Å². The van der Waals surface area contributed by atoms with E-state index in [9.17, 15) is 9.18 Å². The molecule has 5 nitrogen and oxygen atoms in total. The quantitative estimate of drug-likeness (QED) is 0.735. The average Bonchev–Trinajstić information content (AvgIpc) is 2.42. The van der Waals surface area contributed by atoms with E-state index in [1.165, 1.54) is 6.07 Å². The van der Waals surface area contributed by atoms with Gasteiger partial charge >= 0.3 is 0 Å². The number of halogens is 1. The van der Waals surface area contributed by atoms with E-state index < -0.39 is 0 Å². The molecule has 0 saturated carbocycles. The molecule has 0 atom stereocenters. The van der Waals surface area contributed by atoms with Crippen molar-refractivity contribution < 1.29 is 13.9 Å². The summed E-state index contributed by atoms with van der Waals surface area (Å²) < 4.78 is 18.9. The van der Waals surface area contributed by atoms with Crippen LogP contribution in [-0.4, -0.2) is 12.5 Å². The highest BCUT2D eigenvalue weighted by Crippen LogP contribution is 2.36. The summed E-state index contributed by atoms with van der Waals surface area (Å²) in [6, 6.07) is 9.48. The zero-order valence-electron chi connectivity index (χ0n) is 10.4. The number of para-hydroxylation sites is 1. The number of rotatable bonds is 2. The van der Waals surface area contributed by atoms with Crippen LogP contribution in [0.4, 0.5) is 27.1 Å². The summed E-state index contributed by atoms with van der Waals surface area (Å²) in [4.78, 5) is 11.3. The second kappa shape index (κ2) is 4.73.